The minimum Gasteiger partial charge on any atom is -0.505 e. The summed E-state index contributed by atoms with van der Waals surface area (Å²) in [6.45, 7) is 3.52. The molecule has 9 nitrogen and oxygen atoms in total. The number of hydrogen-bond donors (Lipinski definition) is 2. The molecule has 5 heterocycles. The number of hydrogen-bond acceptors (Lipinski definition) is 6. The Bertz CT molecular complexity index is 1870. The van der Waals surface area contributed by atoms with E-state index >= 15 is 0 Å². The fraction of sp³-hybridized carbons (Fsp3) is 0.355. The van der Waals surface area contributed by atoms with Crippen LogP contribution in [0.5, 0.6) is 5.75 Å². The largest absolute Gasteiger partial charge is 0.505 e. The van der Waals surface area contributed by atoms with Gasteiger partial charge < -0.3 is 20.3 Å². The molecular formula is C31H30FN7O2. The van der Waals surface area contributed by atoms with Gasteiger partial charge in [0.05, 0.1) is 17.0 Å². The summed E-state index contributed by atoms with van der Waals surface area (Å²) in [7, 11) is 0. The van der Waals surface area contributed by atoms with Crippen LogP contribution in [0, 0.1) is 24.6 Å². The molecule has 1 aromatic carbocycles. The van der Waals surface area contributed by atoms with Crippen molar-refractivity contribution in [2.75, 3.05) is 6.54 Å². The number of rotatable bonds is 5. The molecule has 1 saturated heterocycles. The lowest BCUT2D eigenvalue weighted by molar-refractivity contribution is 0.0699. The van der Waals surface area contributed by atoms with Gasteiger partial charge in [-0.3, -0.25) is 4.79 Å². The maximum absolute atomic E-state index is 14.1. The van der Waals surface area contributed by atoms with Crippen LogP contribution >= 0.6 is 0 Å². The number of aromatic nitrogens is 5. The van der Waals surface area contributed by atoms with Gasteiger partial charge in [0.15, 0.2) is 17.2 Å². The van der Waals surface area contributed by atoms with Crippen molar-refractivity contribution in [2.24, 2.45) is 17.6 Å². The monoisotopic (exact) mass is 551 g/mol. The number of halogens is 1. The van der Waals surface area contributed by atoms with Crippen LogP contribution in [0.15, 0.2) is 48.8 Å². The first kappa shape index (κ1) is 24.5. The number of carbonyl (C=O) groups excluding carboxylic acids is 1. The molecule has 5 aromatic rings. The Morgan fingerprint density at radius 3 is 2.71 bits per heavy atom. The van der Waals surface area contributed by atoms with Gasteiger partial charge in [0.25, 0.3) is 5.91 Å². The van der Waals surface area contributed by atoms with E-state index in [1.54, 1.807) is 23.0 Å². The lowest BCUT2D eigenvalue weighted by atomic mass is 10.1. The zero-order valence-electron chi connectivity index (χ0n) is 22.7. The van der Waals surface area contributed by atoms with Crippen molar-refractivity contribution >= 4 is 22.6 Å². The summed E-state index contributed by atoms with van der Waals surface area (Å²) < 4.78 is 18.0. The van der Waals surface area contributed by atoms with Gasteiger partial charge in [0.1, 0.15) is 11.3 Å². The summed E-state index contributed by atoms with van der Waals surface area (Å²) in [6, 6.07) is 10.4. The highest BCUT2D eigenvalue weighted by molar-refractivity contribution is 5.94. The molecule has 1 amide bonds. The van der Waals surface area contributed by atoms with Crippen molar-refractivity contribution in [3.05, 3.63) is 65.7 Å². The molecule has 2 bridgehead atoms. The lowest BCUT2D eigenvalue weighted by Crippen LogP contribution is -2.41. The maximum Gasteiger partial charge on any atom is 0.257 e. The fourth-order valence-electron chi connectivity index (χ4n) is 6.75. The van der Waals surface area contributed by atoms with Gasteiger partial charge in [-0.2, -0.15) is 5.10 Å². The third-order valence-electron chi connectivity index (χ3n) is 9.23. The van der Waals surface area contributed by atoms with Gasteiger partial charge in [0.2, 0.25) is 0 Å². The Balaban J connectivity index is 1.20. The second-order valence-electron chi connectivity index (χ2n) is 11.9. The van der Waals surface area contributed by atoms with E-state index in [1.807, 2.05) is 24.0 Å². The molecule has 10 heteroatoms. The van der Waals surface area contributed by atoms with E-state index in [1.165, 1.54) is 25.0 Å². The molecule has 208 valence electrons. The van der Waals surface area contributed by atoms with Crippen LogP contribution in [-0.2, 0) is 6.54 Å². The Morgan fingerprint density at radius 2 is 1.98 bits per heavy atom. The molecule has 3 atom stereocenters. The molecule has 2 aliphatic carbocycles. The first-order valence-electron chi connectivity index (χ1n) is 14.3. The predicted molar refractivity (Wildman–Crippen MR) is 152 cm³/mol. The molecule has 0 spiro atoms. The number of nitrogens with two attached hydrogens (primary N) is 1. The van der Waals surface area contributed by atoms with Gasteiger partial charge in [-0.1, -0.05) is 0 Å². The topological polar surface area (TPSA) is 115 Å². The average Bonchev–Trinajstić information content (AvgIpc) is 3.39. The van der Waals surface area contributed by atoms with Crippen LogP contribution in [0.1, 0.15) is 41.6 Å². The van der Waals surface area contributed by atoms with Gasteiger partial charge in [-0.15, -0.1) is 0 Å². The number of amides is 1. The second kappa shape index (κ2) is 8.84. The van der Waals surface area contributed by atoms with E-state index in [0.717, 1.165) is 47.4 Å². The number of aromatic hydroxyl groups is 1. The summed E-state index contributed by atoms with van der Waals surface area (Å²) >= 11 is 0. The number of fused-ring (bicyclic) bond motifs is 4. The zero-order valence-corrected chi connectivity index (χ0v) is 22.7. The molecule has 8 rings (SSSR count). The fourth-order valence-corrected chi connectivity index (χ4v) is 6.75. The molecule has 41 heavy (non-hydrogen) atoms. The Morgan fingerprint density at radius 1 is 1.12 bits per heavy atom. The molecule has 4 aromatic heterocycles. The highest BCUT2D eigenvalue weighted by Crippen LogP contribution is 2.39. The minimum atomic E-state index is -0.677. The second-order valence-corrected chi connectivity index (χ2v) is 11.9. The Labute approximate surface area is 235 Å². The number of nitrogens with zero attached hydrogens (tertiary/aromatic N) is 6. The van der Waals surface area contributed by atoms with Crippen molar-refractivity contribution in [1.29, 1.82) is 0 Å². The molecule has 3 N–H and O–H groups in total. The number of piperidine rings is 1. The predicted octanol–water partition coefficient (Wildman–Crippen LogP) is 4.54. The third-order valence-corrected chi connectivity index (χ3v) is 9.23. The number of phenolic OH excluding ortho intramolecular Hbond substituents is 1. The summed E-state index contributed by atoms with van der Waals surface area (Å²) in [5, 5.41) is 15.5. The van der Waals surface area contributed by atoms with Crippen molar-refractivity contribution in [3.8, 4) is 28.4 Å². The Hall–Kier alpha value is -4.31. The van der Waals surface area contributed by atoms with E-state index in [-0.39, 0.29) is 23.7 Å². The van der Waals surface area contributed by atoms with E-state index in [9.17, 15) is 14.3 Å². The number of carbonyl (C=O) groups is 1. The van der Waals surface area contributed by atoms with Crippen molar-refractivity contribution in [1.82, 2.24) is 29.0 Å². The van der Waals surface area contributed by atoms with Crippen LogP contribution in [0.2, 0.25) is 0 Å². The molecule has 1 aliphatic heterocycles. The number of likely N-dealkylation sites (tertiary alicyclic amines) is 1. The van der Waals surface area contributed by atoms with E-state index < -0.39 is 5.82 Å². The summed E-state index contributed by atoms with van der Waals surface area (Å²) in [5.74, 6) is -0.144. The van der Waals surface area contributed by atoms with Crippen LogP contribution < -0.4 is 5.73 Å². The summed E-state index contributed by atoms with van der Waals surface area (Å²) in [5.41, 5.74) is 12.2. The lowest BCUT2D eigenvalue weighted by Gasteiger charge is -2.27. The van der Waals surface area contributed by atoms with Crippen LogP contribution in [0.4, 0.5) is 4.39 Å². The van der Waals surface area contributed by atoms with Crippen LogP contribution in [0.3, 0.4) is 0 Å². The normalized spacial score (nSPS) is 21.9. The van der Waals surface area contributed by atoms with Gasteiger partial charge in [-0.05, 0) is 80.8 Å². The summed E-state index contributed by atoms with van der Waals surface area (Å²) in [4.78, 5) is 24.9. The van der Waals surface area contributed by atoms with Crippen molar-refractivity contribution in [3.63, 3.8) is 0 Å². The first-order chi connectivity index (χ1) is 19.9. The Kier molecular flexibility index (Phi) is 5.28. The standard InChI is InChI=1S/C31H30FN7O2/c1-16-28(36-39-15-21(12-34-29(16)39)31(41)38-14-20-5-8-24(38)27(20)33)25-11-19-4-7-23(18-6-9-26(40)22(32)10-18)35-30(19)37(25)13-17-2-3-17/h4,6-7,9-12,15,17,20,24,27,40H,2-3,5,8,13-14,33H2,1H3/t20?,24?,27-/m1/s1. The van der Waals surface area contributed by atoms with E-state index in [4.69, 9.17) is 15.8 Å². The minimum absolute atomic E-state index is 0.0398. The van der Waals surface area contributed by atoms with Crippen molar-refractivity contribution in [2.45, 2.75) is 51.2 Å². The highest BCUT2D eigenvalue weighted by Gasteiger charge is 2.47. The maximum atomic E-state index is 14.1. The summed E-state index contributed by atoms with van der Waals surface area (Å²) in [6.07, 6.45) is 7.81. The molecule has 2 saturated carbocycles. The SMILES string of the molecule is Cc1c(-c2cc3ccc(-c4ccc(O)c(F)c4)nc3n2CC2CC2)nn2cc(C(=O)N3CC4CCC3[C@@H]4N)cnc12. The van der Waals surface area contributed by atoms with Crippen LogP contribution in [0.25, 0.3) is 39.3 Å². The van der Waals surface area contributed by atoms with E-state index in [0.29, 0.717) is 40.8 Å². The third kappa shape index (κ3) is 3.84. The zero-order chi connectivity index (χ0) is 28.0. The van der Waals surface area contributed by atoms with E-state index in [2.05, 4.69) is 15.6 Å². The first-order valence-corrected chi connectivity index (χ1v) is 14.3. The van der Waals surface area contributed by atoms with Gasteiger partial charge >= 0.3 is 0 Å². The molecule has 3 aliphatic rings. The number of pyridine rings is 1. The van der Waals surface area contributed by atoms with Gasteiger partial charge in [0, 0.05) is 54.1 Å². The molecule has 2 unspecified atom stereocenters. The molecule has 3 fully saturated rings. The average molecular weight is 552 g/mol. The quantitative estimate of drug-likeness (QED) is 0.332. The highest BCUT2D eigenvalue weighted by atomic mass is 19.1. The number of benzene rings is 1. The number of phenols is 1. The van der Waals surface area contributed by atoms with Crippen molar-refractivity contribution < 1.29 is 14.3 Å². The number of aryl methyl sites for hydroxylation is 1. The van der Waals surface area contributed by atoms with Gasteiger partial charge in [-0.25, -0.2) is 18.9 Å². The van der Waals surface area contributed by atoms with Crippen LogP contribution in [-0.4, -0.2) is 58.7 Å². The molecule has 0 radical (unpaired) electrons. The smallest absolute Gasteiger partial charge is 0.257 e. The molecular weight excluding hydrogens is 521 g/mol.